The van der Waals surface area contributed by atoms with Crippen molar-refractivity contribution in [1.82, 2.24) is 0 Å². The molecule has 0 bridgehead atoms. The van der Waals surface area contributed by atoms with Gasteiger partial charge >= 0.3 is 0 Å². The van der Waals surface area contributed by atoms with Crippen LogP contribution in [0, 0.1) is 298 Å². The maximum absolute atomic E-state index is 2.70. The predicted molar refractivity (Wildman–Crippen MR) is 446 cm³/mol. The van der Waals surface area contributed by atoms with E-state index in [9.17, 15) is 0 Å². The van der Waals surface area contributed by atoms with Crippen LogP contribution in [0.3, 0.4) is 0 Å². The van der Waals surface area contributed by atoms with Gasteiger partial charge in [-0.2, -0.15) is 0 Å². The van der Waals surface area contributed by atoms with Crippen molar-refractivity contribution in [3.05, 3.63) is 239 Å². The average Bonchev–Trinajstić information content (AvgIpc) is 0.653. The minimum Gasteiger partial charge on any atom is -0.309 e. The monoisotopic (exact) mass is 1340 g/mol. The van der Waals surface area contributed by atoms with Crippen molar-refractivity contribution >= 4 is 51.2 Å². The molecule has 0 fully saturated rings. The Kier molecular flexibility index (Phi) is 21.8. The fraction of sp³-hybridized carbons (Fsp3) is 0.443. The van der Waals surface area contributed by atoms with Crippen molar-refractivity contribution in [2.75, 3.05) is 14.7 Å². The van der Waals surface area contributed by atoms with Gasteiger partial charge in [-0.3, -0.25) is 0 Å². The summed E-state index contributed by atoms with van der Waals surface area (Å²) in [6, 6.07) is 0. The Labute approximate surface area is 610 Å². The molecule has 9 aromatic carbocycles. The maximum atomic E-state index is 2.70. The number of hydrogen-bond acceptors (Lipinski definition) is 3. The highest BCUT2D eigenvalue weighted by atomic mass is 15.2. The van der Waals surface area contributed by atoms with Gasteiger partial charge in [0.25, 0.3) is 0 Å². The topological polar surface area (TPSA) is 9.72 Å². The van der Waals surface area contributed by atoms with E-state index < -0.39 is 0 Å². The lowest BCUT2D eigenvalue weighted by Gasteiger charge is -2.39. The molecule has 532 valence electrons. The fourth-order valence-electron chi connectivity index (χ4n) is 17.7. The molecule has 0 atom stereocenters. The second-order valence-corrected chi connectivity index (χ2v) is 31.8. The minimum atomic E-state index is 1.31. The Morgan fingerprint density at radius 1 is 0.0800 bits per heavy atom. The van der Waals surface area contributed by atoms with Crippen LogP contribution in [-0.2, 0) is 0 Å². The first-order valence-corrected chi connectivity index (χ1v) is 37.3. The highest BCUT2D eigenvalue weighted by molar-refractivity contribution is 5.97. The first-order valence-electron chi connectivity index (χ1n) is 37.3. The van der Waals surface area contributed by atoms with Crippen LogP contribution < -0.4 is 14.7 Å². The van der Waals surface area contributed by atoms with E-state index in [1.165, 1.54) is 302 Å². The third-order valence-corrected chi connectivity index (χ3v) is 28.2. The third-order valence-electron chi connectivity index (χ3n) is 28.2. The normalized spacial score (nSPS) is 11.6. The number of anilines is 9. The van der Waals surface area contributed by atoms with E-state index in [1.807, 2.05) is 0 Å². The maximum Gasteiger partial charge on any atom is 0.0526 e. The van der Waals surface area contributed by atoms with Crippen LogP contribution in [0.25, 0.3) is 11.1 Å². The van der Waals surface area contributed by atoms with E-state index in [1.54, 1.807) is 0 Å². The Morgan fingerprint density at radius 3 is 0.220 bits per heavy atom. The summed E-state index contributed by atoms with van der Waals surface area (Å²) in [6.45, 7) is 100. The van der Waals surface area contributed by atoms with E-state index in [2.05, 4.69) is 312 Å². The van der Waals surface area contributed by atoms with Gasteiger partial charge in [0.1, 0.15) is 0 Å². The number of rotatable bonds is 10. The van der Waals surface area contributed by atoms with Crippen LogP contribution in [-0.4, -0.2) is 0 Å². The summed E-state index contributed by atoms with van der Waals surface area (Å²) >= 11 is 0. The third kappa shape index (κ3) is 11.7. The van der Waals surface area contributed by atoms with Gasteiger partial charge in [-0.1, -0.05) is 0 Å². The minimum absolute atomic E-state index is 1.31. The fourth-order valence-corrected chi connectivity index (χ4v) is 17.7. The summed E-state index contributed by atoms with van der Waals surface area (Å²) in [4.78, 5) is 8.04. The van der Waals surface area contributed by atoms with Gasteiger partial charge in [-0.25, -0.2) is 0 Å². The molecule has 0 saturated carbocycles. The molecule has 0 saturated heterocycles. The smallest absolute Gasteiger partial charge is 0.0526 e. The second kappa shape index (κ2) is 28.0. The quantitative estimate of drug-likeness (QED) is 0.135. The lowest BCUT2D eigenvalue weighted by Crippen LogP contribution is -2.22. The van der Waals surface area contributed by atoms with E-state index >= 15 is 0 Å². The first-order chi connectivity index (χ1) is 46.2. The van der Waals surface area contributed by atoms with Gasteiger partial charge in [0.05, 0.1) is 51.2 Å². The summed E-state index contributed by atoms with van der Waals surface area (Å²) < 4.78 is 0. The predicted octanol–water partition coefficient (Wildman–Crippen LogP) is 28.7. The Balaban J connectivity index is 0.000000313. The van der Waals surface area contributed by atoms with E-state index in [-0.39, 0.29) is 0 Å². The number of hydrogen-bond donors (Lipinski definition) is 0. The molecule has 9 rings (SSSR count). The van der Waals surface area contributed by atoms with Crippen LogP contribution >= 0.6 is 0 Å². The van der Waals surface area contributed by atoms with E-state index in [4.69, 9.17) is 0 Å². The highest BCUT2D eigenvalue weighted by Crippen LogP contribution is 2.56. The molecule has 0 N–H and O–H groups in total. The largest absolute Gasteiger partial charge is 0.309 e. The first kappa shape index (κ1) is 78.1. The van der Waals surface area contributed by atoms with Crippen LogP contribution in [0.2, 0.25) is 0 Å². The van der Waals surface area contributed by atoms with E-state index in [0.29, 0.717) is 0 Å². The van der Waals surface area contributed by atoms with Crippen LogP contribution in [0.15, 0.2) is 0 Å². The summed E-state index contributed by atoms with van der Waals surface area (Å²) in [6.07, 6.45) is 0. The molecule has 0 aliphatic heterocycles. The SMILES string of the molecule is Cc1c(C)c(C)c(N(c2c(C)c(C)c(C)c(C)c2C)c2c(C)c(C)c(-c3c(C)c(C)c(N(c4c(C)c(C)c(C)c(C)c4C)c4c(C)c(C)c(C)c(C)c4C)c(C)c3C)c(C)c2C)c(C)c1C.Cc1c(C)c(C)c(N(c2c(C)c(C)c(C)c(C)c2C)c2c(C)c(C)c(C)c(C)c2C)c(C)c1C. The lowest BCUT2D eigenvalue weighted by molar-refractivity contribution is 1.07. The molecule has 0 aliphatic rings. The molecule has 0 radical (unpaired) electrons. The molecule has 0 spiro atoms. The number of benzene rings is 9. The zero-order chi connectivity index (χ0) is 75.9. The molecule has 0 amide bonds. The molecule has 3 nitrogen and oxygen atoms in total. The molecule has 0 unspecified atom stereocenters. The van der Waals surface area contributed by atoms with Gasteiger partial charge in [0, 0.05) is 0 Å². The highest BCUT2D eigenvalue weighted by Gasteiger charge is 2.35. The van der Waals surface area contributed by atoms with Crippen LogP contribution in [0.4, 0.5) is 51.2 Å². The molecule has 0 aliphatic carbocycles. The zero-order valence-corrected chi connectivity index (χ0v) is 71.3. The van der Waals surface area contributed by atoms with E-state index in [0.717, 1.165) is 0 Å². The average molecular weight is 1340 g/mol. The van der Waals surface area contributed by atoms with Crippen molar-refractivity contribution in [2.24, 2.45) is 0 Å². The summed E-state index contributed by atoms with van der Waals surface area (Å²) in [5.41, 5.74) is 73.9. The van der Waals surface area contributed by atoms with Gasteiger partial charge in [0.15, 0.2) is 0 Å². The molecule has 3 heteroatoms. The molecular weight excluding hydrogens is 1210 g/mol. The summed E-state index contributed by atoms with van der Waals surface area (Å²) in [5.74, 6) is 0. The molecule has 9 aromatic rings. The molecule has 100 heavy (non-hydrogen) atoms. The Morgan fingerprint density at radius 2 is 0.140 bits per heavy atom. The van der Waals surface area contributed by atoms with Crippen LogP contribution in [0.5, 0.6) is 0 Å². The van der Waals surface area contributed by atoms with Gasteiger partial charge < -0.3 is 14.7 Å². The zero-order valence-electron chi connectivity index (χ0n) is 71.3. The molecular formula is C97H129N3. The summed E-state index contributed by atoms with van der Waals surface area (Å²) in [5, 5.41) is 0. The van der Waals surface area contributed by atoms with Crippen molar-refractivity contribution < 1.29 is 0 Å². The summed E-state index contributed by atoms with van der Waals surface area (Å²) in [7, 11) is 0. The standard InChI is InChI=1S/C64H84N2.C33H45N/c1-29-33(5)45(17)59(46(18)34(29)6)65(60-47(19)35(7)30(2)36(8)48(60)20)63-53(25)41(13)57(42(14)54(63)26)58-43(15)55(27)64(56(28)44(58)16)66(61-49(21)37(9)31(3)38(10)50(61)22)62-51(23)39(11)32(4)40(12)52(62)24;1-16-19(4)25(10)31(26(11)20(16)5)34(32-27(12)21(6)17(2)22(7)28(32)13)33-29(14)23(8)18(3)24(9)30(33)15/h1-28H3;1-15H3. The van der Waals surface area contributed by atoms with Crippen LogP contribution in [0.1, 0.15) is 239 Å². The number of nitrogens with zero attached hydrogens (tertiary/aromatic N) is 3. The van der Waals surface area contributed by atoms with Crippen molar-refractivity contribution in [2.45, 2.75) is 298 Å². The lowest BCUT2D eigenvalue weighted by atomic mass is 9.80. The second-order valence-electron chi connectivity index (χ2n) is 31.8. The van der Waals surface area contributed by atoms with Gasteiger partial charge in [-0.15, -0.1) is 0 Å². The van der Waals surface area contributed by atoms with Gasteiger partial charge in [-0.05, 0) is 548 Å². The Bertz CT molecular complexity index is 4220. The molecule has 0 heterocycles. The van der Waals surface area contributed by atoms with Crippen molar-refractivity contribution in [1.29, 1.82) is 0 Å². The van der Waals surface area contributed by atoms with Crippen molar-refractivity contribution in [3.8, 4) is 11.1 Å². The Hall–Kier alpha value is -7.62. The molecule has 0 aromatic heterocycles. The van der Waals surface area contributed by atoms with Crippen molar-refractivity contribution in [3.63, 3.8) is 0 Å². The van der Waals surface area contributed by atoms with Gasteiger partial charge in [0.2, 0.25) is 0 Å².